The van der Waals surface area contributed by atoms with Gasteiger partial charge in [-0.2, -0.15) is 13.8 Å². The van der Waals surface area contributed by atoms with Crippen molar-refractivity contribution >= 4 is 11.8 Å². The number of hydrogen-bond donors (Lipinski definition) is 0. The zero-order valence-corrected chi connectivity index (χ0v) is 10.4. The van der Waals surface area contributed by atoms with Crippen LogP contribution in [0.5, 0.6) is 5.75 Å². The van der Waals surface area contributed by atoms with Crippen LogP contribution in [-0.4, -0.2) is 12.1 Å². The van der Waals surface area contributed by atoms with E-state index < -0.39 is 28.4 Å². The Balaban J connectivity index is 2.43. The van der Waals surface area contributed by atoms with Crippen molar-refractivity contribution in [2.24, 2.45) is 0 Å². The first kappa shape index (κ1) is 13.7. The molecule has 1 aromatic heterocycles. The van der Waals surface area contributed by atoms with Gasteiger partial charge in [0.05, 0.1) is 12.0 Å². The minimum Gasteiger partial charge on any atom is -0.497 e. The first-order valence-corrected chi connectivity index (χ1v) is 5.86. The van der Waals surface area contributed by atoms with Gasteiger partial charge in [0.2, 0.25) is 0 Å². The van der Waals surface area contributed by atoms with E-state index in [1.54, 1.807) is 12.1 Å². The molecular formula is C12H7F4NOS. The molecule has 2 rings (SSSR count). The summed E-state index contributed by atoms with van der Waals surface area (Å²) in [5, 5.41) is 0. The van der Waals surface area contributed by atoms with Gasteiger partial charge in [-0.3, -0.25) is 0 Å². The van der Waals surface area contributed by atoms with E-state index in [1.807, 2.05) is 0 Å². The number of rotatable bonds is 3. The summed E-state index contributed by atoms with van der Waals surface area (Å²) in [5.74, 6) is -5.94. The molecule has 0 spiro atoms. The standard InChI is InChI=1S/C12H7F4NOS/c1-18-6-3-2-4-7(5-6)19-10-8(13)11(15)17-12(16)9(10)14/h2-5H,1H3. The molecule has 19 heavy (non-hydrogen) atoms. The average Bonchev–Trinajstić information content (AvgIpc) is 2.41. The highest BCUT2D eigenvalue weighted by molar-refractivity contribution is 7.99. The fraction of sp³-hybridized carbons (Fsp3) is 0.0833. The molecule has 0 radical (unpaired) electrons. The van der Waals surface area contributed by atoms with E-state index in [1.165, 1.54) is 19.2 Å². The molecule has 0 aliphatic carbocycles. The lowest BCUT2D eigenvalue weighted by Crippen LogP contribution is -2.01. The number of benzene rings is 1. The average molecular weight is 289 g/mol. The van der Waals surface area contributed by atoms with E-state index in [2.05, 4.69) is 4.98 Å². The fourth-order valence-electron chi connectivity index (χ4n) is 1.34. The topological polar surface area (TPSA) is 22.1 Å². The summed E-state index contributed by atoms with van der Waals surface area (Å²) in [6.45, 7) is 0. The van der Waals surface area contributed by atoms with Gasteiger partial charge in [-0.1, -0.05) is 17.8 Å². The second-order valence-corrected chi connectivity index (χ2v) is 4.52. The summed E-state index contributed by atoms with van der Waals surface area (Å²) in [6, 6.07) is 6.23. The van der Waals surface area contributed by atoms with Crippen LogP contribution in [0.3, 0.4) is 0 Å². The molecule has 100 valence electrons. The Kier molecular flexibility index (Phi) is 3.94. The maximum absolute atomic E-state index is 13.4. The third kappa shape index (κ3) is 2.81. The van der Waals surface area contributed by atoms with E-state index in [9.17, 15) is 17.6 Å². The first-order chi connectivity index (χ1) is 9.02. The van der Waals surface area contributed by atoms with E-state index in [4.69, 9.17) is 4.74 Å². The highest BCUT2D eigenvalue weighted by atomic mass is 32.2. The Bertz CT molecular complexity index is 595. The molecule has 0 amide bonds. The molecule has 0 saturated heterocycles. The Morgan fingerprint density at radius 1 is 1.05 bits per heavy atom. The number of methoxy groups -OCH3 is 1. The number of pyridine rings is 1. The Morgan fingerprint density at radius 2 is 1.68 bits per heavy atom. The fourth-order valence-corrected chi connectivity index (χ4v) is 2.25. The minimum absolute atomic E-state index is 0.377. The van der Waals surface area contributed by atoms with Crippen LogP contribution in [0.15, 0.2) is 34.1 Å². The zero-order valence-electron chi connectivity index (χ0n) is 9.58. The van der Waals surface area contributed by atoms with E-state index in [0.717, 1.165) is 0 Å². The third-order valence-electron chi connectivity index (χ3n) is 2.22. The number of nitrogens with zero attached hydrogens (tertiary/aromatic N) is 1. The Hall–Kier alpha value is -1.76. The molecule has 0 bridgehead atoms. The lowest BCUT2D eigenvalue weighted by molar-refractivity contribution is 0.383. The van der Waals surface area contributed by atoms with E-state index in [-0.39, 0.29) is 0 Å². The van der Waals surface area contributed by atoms with Gasteiger partial charge in [-0.05, 0) is 18.2 Å². The summed E-state index contributed by atoms with van der Waals surface area (Å²) >= 11 is 0.549. The van der Waals surface area contributed by atoms with Crippen molar-refractivity contribution in [2.45, 2.75) is 9.79 Å². The normalized spacial score (nSPS) is 10.6. The molecular weight excluding hydrogens is 282 g/mol. The molecule has 2 nitrogen and oxygen atoms in total. The van der Waals surface area contributed by atoms with Crippen molar-refractivity contribution < 1.29 is 22.3 Å². The third-order valence-corrected chi connectivity index (χ3v) is 3.27. The van der Waals surface area contributed by atoms with Crippen LogP contribution in [0.25, 0.3) is 0 Å². The largest absolute Gasteiger partial charge is 0.497 e. The van der Waals surface area contributed by atoms with Crippen LogP contribution in [-0.2, 0) is 0 Å². The summed E-state index contributed by atoms with van der Waals surface area (Å²) in [7, 11) is 1.43. The van der Waals surface area contributed by atoms with Crippen LogP contribution >= 0.6 is 11.8 Å². The predicted octanol–water partition coefficient (Wildman–Crippen LogP) is 3.80. The van der Waals surface area contributed by atoms with Crippen LogP contribution in [0.1, 0.15) is 0 Å². The van der Waals surface area contributed by atoms with Gasteiger partial charge in [0.1, 0.15) is 5.75 Å². The van der Waals surface area contributed by atoms with Crippen LogP contribution in [0.4, 0.5) is 17.6 Å². The van der Waals surface area contributed by atoms with Gasteiger partial charge < -0.3 is 4.74 Å². The SMILES string of the molecule is COc1cccc(Sc2c(F)c(F)nc(F)c2F)c1. The van der Waals surface area contributed by atoms with E-state index in [0.29, 0.717) is 22.4 Å². The summed E-state index contributed by atoms with van der Waals surface area (Å²) < 4.78 is 57.6. The molecule has 1 heterocycles. The Morgan fingerprint density at radius 3 is 2.26 bits per heavy atom. The second kappa shape index (κ2) is 5.48. The maximum atomic E-state index is 13.4. The van der Waals surface area contributed by atoms with Crippen molar-refractivity contribution in [1.29, 1.82) is 0 Å². The molecule has 0 aliphatic heterocycles. The van der Waals surface area contributed by atoms with Crippen molar-refractivity contribution in [3.8, 4) is 5.75 Å². The molecule has 0 N–H and O–H groups in total. The monoisotopic (exact) mass is 289 g/mol. The van der Waals surface area contributed by atoms with E-state index >= 15 is 0 Å². The van der Waals surface area contributed by atoms with Gasteiger partial charge in [0, 0.05) is 4.90 Å². The second-order valence-electron chi connectivity index (χ2n) is 3.43. The maximum Gasteiger partial charge on any atom is 0.252 e. The number of aromatic nitrogens is 1. The summed E-state index contributed by atoms with van der Waals surface area (Å²) in [4.78, 5) is 2.08. The molecule has 0 fully saturated rings. The van der Waals surface area contributed by atoms with Gasteiger partial charge in [-0.25, -0.2) is 8.78 Å². The quantitative estimate of drug-likeness (QED) is 0.634. The smallest absolute Gasteiger partial charge is 0.252 e. The van der Waals surface area contributed by atoms with Crippen molar-refractivity contribution in [3.63, 3.8) is 0 Å². The molecule has 2 aromatic rings. The molecule has 1 aromatic carbocycles. The van der Waals surface area contributed by atoms with Gasteiger partial charge in [0.15, 0.2) is 11.6 Å². The first-order valence-electron chi connectivity index (χ1n) is 5.05. The number of halogens is 4. The lowest BCUT2D eigenvalue weighted by Gasteiger charge is -2.07. The molecule has 0 atom stereocenters. The zero-order chi connectivity index (χ0) is 14.0. The highest BCUT2D eigenvalue weighted by Crippen LogP contribution is 2.34. The van der Waals surface area contributed by atoms with Gasteiger partial charge in [-0.15, -0.1) is 0 Å². The molecule has 7 heteroatoms. The highest BCUT2D eigenvalue weighted by Gasteiger charge is 2.21. The van der Waals surface area contributed by atoms with Gasteiger partial charge >= 0.3 is 0 Å². The lowest BCUT2D eigenvalue weighted by atomic mass is 10.3. The number of ether oxygens (including phenoxy) is 1. The summed E-state index contributed by atoms with van der Waals surface area (Å²) in [6.07, 6.45) is 0. The summed E-state index contributed by atoms with van der Waals surface area (Å²) in [5.41, 5.74) is 0. The molecule has 0 aliphatic rings. The minimum atomic E-state index is -1.68. The van der Waals surface area contributed by atoms with Gasteiger partial charge in [0.25, 0.3) is 11.9 Å². The predicted molar refractivity (Wildman–Crippen MR) is 61.2 cm³/mol. The van der Waals surface area contributed by atoms with Crippen molar-refractivity contribution in [2.75, 3.05) is 7.11 Å². The van der Waals surface area contributed by atoms with Crippen LogP contribution in [0.2, 0.25) is 0 Å². The van der Waals surface area contributed by atoms with Crippen molar-refractivity contribution in [1.82, 2.24) is 4.98 Å². The molecule has 0 saturated carbocycles. The van der Waals surface area contributed by atoms with Crippen LogP contribution < -0.4 is 4.74 Å². The molecule has 0 unspecified atom stereocenters. The van der Waals surface area contributed by atoms with Crippen LogP contribution in [0, 0.1) is 23.5 Å². The number of hydrogen-bond acceptors (Lipinski definition) is 3. The Labute approximate surface area is 110 Å². The van der Waals surface area contributed by atoms with Crippen molar-refractivity contribution in [3.05, 3.63) is 47.8 Å².